The minimum absolute atomic E-state index is 0.0704. The molecule has 1 aromatic rings. The fourth-order valence-corrected chi connectivity index (χ4v) is 1.74. The first kappa shape index (κ1) is 15.2. The number of hydrogen-bond acceptors (Lipinski definition) is 2. The van der Waals surface area contributed by atoms with E-state index in [1.54, 1.807) is 0 Å². The molecule has 0 unspecified atom stereocenters. The SMILES string of the molecule is C=C(C)c1cccc(C(C)(C)NC(=O)NCCO)c1. The predicted octanol–water partition coefficient (Wildman–Crippen LogP) is 2.25. The van der Waals surface area contributed by atoms with Crippen LogP contribution in [0.4, 0.5) is 4.79 Å². The monoisotopic (exact) mass is 262 g/mol. The van der Waals surface area contributed by atoms with Crippen LogP contribution in [0.2, 0.25) is 0 Å². The fourth-order valence-electron chi connectivity index (χ4n) is 1.74. The summed E-state index contributed by atoms with van der Waals surface area (Å²) < 4.78 is 0. The second kappa shape index (κ2) is 6.38. The molecule has 0 bridgehead atoms. The molecule has 19 heavy (non-hydrogen) atoms. The van der Waals surface area contributed by atoms with E-state index in [-0.39, 0.29) is 19.2 Å². The van der Waals surface area contributed by atoms with Gasteiger partial charge in [-0.1, -0.05) is 30.4 Å². The molecule has 4 heteroatoms. The maximum atomic E-state index is 11.7. The molecular formula is C15H22N2O2. The molecule has 0 fully saturated rings. The Morgan fingerprint density at radius 3 is 2.68 bits per heavy atom. The van der Waals surface area contributed by atoms with E-state index in [0.29, 0.717) is 0 Å². The van der Waals surface area contributed by atoms with Gasteiger partial charge >= 0.3 is 6.03 Å². The van der Waals surface area contributed by atoms with Gasteiger partial charge in [-0.25, -0.2) is 4.79 Å². The number of urea groups is 1. The highest BCUT2D eigenvalue weighted by Gasteiger charge is 2.22. The number of amides is 2. The van der Waals surface area contributed by atoms with Gasteiger partial charge in [0.15, 0.2) is 0 Å². The molecule has 0 aromatic heterocycles. The van der Waals surface area contributed by atoms with Gasteiger partial charge in [-0.3, -0.25) is 0 Å². The van der Waals surface area contributed by atoms with Crippen LogP contribution in [0.5, 0.6) is 0 Å². The number of benzene rings is 1. The molecule has 0 atom stereocenters. The van der Waals surface area contributed by atoms with Gasteiger partial charge in [0.05, 0.1) is 12.1 Å². The first-order valence-electron chi connectivity index (χ1n) is 6.30. The quantitative estimate of drug-likeness (QED) is 0.762. The Labute approximate surface area is 114 Å². The van der Waals surface area contributed by atoms with E-state index in [0.717, 1.165) is 16.7 Å². The zero-order chi connectivity index (χ0) is 14.5. The number of hydrogen-bond donors (Lipinski definition) is 3. The van der Waals surface area contributed by atoms with Gasteiger partial charge in [0.25, 0.3) is 0 Å². The summed E-state index contributed by atoms with van der Waals surface area (Å²) in [5.74, 6) is 0. The Morgan fingerprint density at radius 2 is 2.11 bits per heavy atom. The Bertz CT molecular complexity index is 467. The summed E-state index contributed by atoms with van der Waals surface area (Å²) in [6.07, 6.45) is 0. The van der Waals surface area contributed by atoms with E-state index in [1.807, 2.05) is 45.0 Å². The highest BCUT2D eigenvalue weighted by atomic mass is 16.3. The van der Waals surface area contributed by atoms with Gasteiger partial charge in [0.2, 0.25) is 0 Å². The normalized spacial score (nSPS) is 10.9. The second-order valence-electron chi connectivity index (χ2n) is 5.09. The predicted molar refractivity (Wildman–Crippen MR) is 77.8 cm³/mol. The van der Waals surface area contributed by atoms with Crippen molar-refractivity contribution >= 4 is 11.6 Å². The van der Waals surface area contributed by atoms with Crippen molar-refractivity contribution < 1.29 is 9.90 Å². The summed E-state index contributed by atoms with van der Waals surface area (Å²) in [5.41, 5.74) is 2.56. The summed E-state index contributed by atoms with van der Waals surface area (Å²) in [6.45, 7) is 9.91. The molecule has 104 valence electrons. The third-order valence-electron chi connectivity index (χ3n) is 2.90. The van der Waals surface area contributed by atoms with Crippen LogP contribution in [0, 0.1) is 0 Å². The molecule has 0 radical (unpaired) electrons. The van der Waals surface area contributed by atoms with E-state index in [9.17, 15) is 4.79 Å². The molecule has 3 N–H and O–H groups in total. The molecular weight excluding hydrogens is 240 g/mol. The molecule has 1 aromatic carbocycles. The lowest BCUT2D eigenvalue weighted by Crippen LogP contribution is -2.47. The van der Waals surface area contributed by atoms with Crippen LogP contribution >= 0.6 is 0 Å². The molecule has 0 aliphatic carbocycles. The molecule has 0 spiro atoms. The first-order valence-corrected chi connectivity index (χ1v) is 6.30. The molecule has 0 heterocycles. The Balaban J connectivity index is 2.84. The van der Waals surface area contributed by atoms with Crippen LogP contribution < -0.4 is 10.6 Å². The number of carbonyl (C=O) groups is 1. The highest BCUT2D eigenvalue weighted by molar-refractivity contribution is 5.75. The van der Waals surface area contributed by atoms with Crippen LogP contribution in [-0.2, 0) is 5.54 Å². The van der Waals surface area contributed by atoms with Crippen molar-refractivity contribution in [1.82, 2.24) is 10.6 Å². The lowest BCUT2D eigenvalue weighted by Gasteiger charge is -2.27. The molecule has 0 saturated heterocycles. The van der Waals surface area contributed by atoms with Gasteiger partial charge in [-0.15, -0.1) is 0 Å². The van der Waals surface area contributed by atoms with Crippen molar-refractivity contribution in [3.05, 3.63) is 42.0 Å². The van der Waals surface area contributed by atoms with Crippen LogP contribution in [0.1, 0.15) is 31.9 Å². The highest BCUT2D eigenvalue weighted by Crippen LogP contribution is 2.23. The van der Waals surface area contributed by atoms with Crippen LogP contribution in [0.3, 0.4) is 0 Å². The Hall–Kier alpha value is -1.81. The van der Waals surface area contributed by atoms with Gasteiger partial charge in [0.1, 0.15) is 0 Å². The van der Waals surface area contributed by atoms with E-state index < -0.39 is 5.54 Å². The van der Waals surface area contributed by atoms with Gasteiger partial charge < -0.3 is 15.7 Å². The Morgan fingerprint density at radius 1 is 1.42 bits per heavy atom. The molecule has 0 aliphatic heterocycles. The van der Waals surface area contributed by atoms with Gasteiger partial charge in [0, 0.05) is 6.54 Å². The number of rotatable bonds is 5. The molecule has 0 saturated carbocycles. The maximum Gasteiger partial charge on any atom is 0.315 e. The minimum atomic E-state index is -0.495. The average molecular weight is 262 g/mol. The number of aliphatic hydroxyl groups is 1. The maximum absolute atomic E-state index is 11.7. The zero-order valence-electron chi connectivity index (χ0n) is 11.8. The minimum Gasteiger partial charge on any atom is -0.395 e. The Kier molecular flexibility index (Phi) is 5.12. The zero-order valence-corrected chi connectivity index (χ0v) is 11.8. The van der Waals surface area contributed by atoms with E-state index in [4.69, 9.17) is 5.11 Å². The number of allylic oxidation sites excluding steroid dienone is 1. The molecule has 2 amide bonds. The van der Waals surface area contributed by atoms with Crippen molar-refractivity contribution in [2.75, 3.05) is 13.2 Å². The average Bonchev–Trinajstić information content (AvgIpc) is 2.36. The van der Waals surface area contributed by atoms with Gasteiger partial charge in [-0.05, 0) is 38.0 Å². The van der Waals surface area contributed by atoms with E-state index in [1.165, 1.54) is 0 Å². The summed E-state index contributed by atoms with van der Waals surface area (Å²) in [4.78, 5) is 11.7. The summed E-state index contributed by atoms with van der Waals surface area (Å²) in [6, 6.07) is 7.65. The van der Waals surface area contributed by atoms with Crippen LogP contribution in [0.25, 0.3) is 5.57 Å². The van der Waals surface area contributed by atoms with E-state index >= 15 is 0 Å². The van der Waals surface area contributed by atoms with Crippen molar-refractivity contribution in [3.8, 4) is 0 Å². The van der Waals surface area contributed by atoms with Crippen molar-refractivity contribution in [3.63, 3.8) is 0 Å². The second-order valence-corrected chi connectivity index (χ2v) is 5.09. The third kappa shape index (κ3) is 4.41. The van der Waals surface area contributed by atoms with Crippen molar-refractivity contribution in [2.45, 2.75) is 26.3 Å². The summed E-state index contributed by atoms with van der Waals surface area (Å²) >= 11 is 0. The van der Waals surface area contributed by atoms with E-state index in [2.05, 4.69) is 17.2 Å². The largest absolute Gasteiger partial charge is 0.395 e. The summed E-state index contributed by atoms with van der Waals surface area (Å²) in [7, 11) is 0. The number of carbonyl (C=O) groups excluding carboxylic acids is 1. The number of aliphatic hydroxyl groups excluding tert-OH is 1. The molecule has 1 rings (SSSR count). The third-order valence-corrected chi connectivity index (χ3v) is 2.90. The fraction of sp³-hybridized carbons (Fsp3) is 0.400. The lowest BCUT2D eigenvalue weighted by molar-refractivity contribution is 0.224. The topological polar surface area (TPSA) is 61.4 Å². The summed E-state index contributed by atoms with van der Waals surface area (Å²) in [5, 5.41) is 14.1. The van der Waals surface area contributed by atoms with Gasteiger partial charge in [-0.2, -0.15) is 0 Å². The molecule has 0 aliphatic rings. The lowest BCUT2D eigenvalue weighted by atomic mass is 9.92. The van der Waals surface area contributed by atoms with Crippen LogP contribution in [-0.4, -0.2) is 24.3 Å². The smallest absolute Gasteiger partial charge is 0.315 e. The van der Waals surface area contributed by atoms with Crippen LogP contribution in [0.15, 0.2) is 30.8 Å². The van der Waals surface area contributed by atoms with Crippen molar-refractivity contribution in [1.29, 1.82) is 0 Å². The number of nitrogens with one attached hydrogen (secondary N) is 2. The van der Waals surface area contributed by atoms with Crippen molar-refractivity contribution in [2.24, 2.45) is 0 Å². The first-order chi connectivity index (χ1) is 8.86. The molecule has 4 nitrogen and oxygen atoms in total. The standard InChI is InChI=1S/C15H22N2O2/c1-11(2)12-6-5-7-13(10-12)15(3,4)17-14(19)16-8-9-18/h5-7,10,18H,1,8-9H2,2-4H3,(H2,16,17,19).